The third kappa shape index (κ3) is 0.603. The molecule has 0 aliphatic heterocycles. The molecular weight excluding hydrogens is 126 g/mol. The molecule has 2 aromatic rings. The lowest BCUT2D eigenvalue weighted by molar-refractivity contribution is 1.12. The molecule has 3 nitrogen and oxygen atoms in total. The van der Waals surface area contributed by atoms with Crippen LogP contribution in [0.3, 0.4) is 0 Å². The van der Waals surface area contributed by atoms with Crippen molar-refractivity contribution >= 4 is 10.9 Å². The molecule has 2 aromatic heterocycles. The van der Waals surface area contributed by atoms with E-state index in [0.29, 0.717) is 0 Å². The first kappa shape index (κ1) is 5.41. The van der Waals surface area contributed by atoms with E-state index >= 15 is 0 Å². The maximum absolute atomic E-state index is 4.12. The Morgan fingerprint density at radius 3 is 3.20 bits per heavy atom. The van der Waals surface area contributed by atoms with Crippen molar-refractivity contribution in [1.82, 2.24) is 15.2 Å². The van der Waals surface area contributed by atoms with Crippen LogP contribution in [-0.2, 0) is 0 Å². The zero-order valence-electron chi connectivity index (χ0n) is 5.63. The van der Waals surface area contributed by atoms with E-state index in [1.54, 1.807) is 12.4 Å². The van der Waals surface area contributed by atoms with Gasteiger partial charge in [0, 0.05) is 17.3 Å². The number of nitrogens with one attached hydrogen (secondary N) is 1. The van der Waals surface area contributed by atoms with Gasteiger partial charge in [-0.3, -0.25) is 10.1 Å². The Kier molecular flexibility index (Phi) is 0.974. The number of rotatable bonds is 0. The van der Waals surface area contributed by atoms with Crippen molar-refractivity contribution in [2.75, 3.05) is 0 Å². The molecule has 0 spiro atoms. The summed E-state index contributed by atoms with van der Waals surface area (Å²) in [5.41, 5.74) is 2.07. The molecule has 0 radical (unpaired) electrons. The summed E-state index contributed by atoms with van der Waals surface area (Å²) in [7, 11) is 0. The Morgan fingerprint density at radius 2 is 2.40 bits per heavy atom. The van der Waals surface area contributed by atoms with Crippen LogP contribution in [-0.4, -0.2) is 15.2 Å². The monoisotopic (exact) mass is 133 g/mol. The third-order valence-corrected chi connectivity index (χ3v) is 1.57. The van der Waals surface area contributed by atoms with Crippen LogP contribution in [0.4, 0.5) is 0 Å². The van der Waals surface area contributed by atoms with Gasteiger partial charge in [-0.2, -0.15) is 5.10 Å². The number of aromatic nitrogens is 3. The first-order valence-electron chi connectivity index (χ1n) is 3.12. The molecule has 0 aliphatic rings. The van der Waals surface area contributed by atoms with Crippen molar-refractivity contribution in [3.8, 4) is 0 Å². The Balaban J connectivity index is 2.95. The zero-order valence-corrected chi connectivity index (χ0v) is 5.63. The van der Waals surface area contributed by atoms with Crippen LogP contribution in [0.2, 0.25) is 0 Å². The minimum atomic E-state index is 1.02. The Morgan fingerprint density at radius 1 is 1.50 bits per heavy atom. The second-order valence-corrected chi connectivity index (χ2v) is 2.23. The minimum absolute atomic E-state index is 1.02. The van der Waals surface area contributed by atoms with E-state index in [9.17, 15) is 0 Å². The number of fused-ring (bicyclic) bond motifs is 1. The van der Waals surface area contributed by atoms with Gasteiger partial charge in [-0.15, -0.1) is 0 Å². The second kappa shape index (κ2) is 1.80. The molecule has 0 fully saturated rings. The van der Waals surface area contributed by atoms with E-state index in [1.807, 2.05) is 13.0 Å². The maximum atomic E-state index is 4.12. The lowest BCUT2D eigenvalue weighted by Gasteiger charge is -1.89. The standard InChI is InChI=1S/C7H7N3/c1-5-6-4-9-10-7(6)2-3-8-5/h2-4H,1H3,(H,9,10). The van der Waals surface area contributed by atoms with Crippen molar-refractivity contribution in [1.29, 1.82) is 0 Å². The molecule has 0 saturated carbocycles. The van der Waals surface area contributed by atoms with Gasteiger partial charge in [0.15, 0.2) is 0 Å². The fourth-order valence-corrected chi connectivity index (χ4v) is 1.00. The third-order valence-electron chi connectivity index (χ3n) is 1.57. The largest absolute Gasteiger partial charge is 0.278 e. The smallest absolute Gasteiger partial charge is 0.0683 e. The van der Waals surface area contributed by atoms with Crippen LogP contribution in [0, 0.1) is 6.92 Å². The summed E-state index contributed by atoms with van der Waals surface area (Å²) in [5.74, 6) is 0. The number of aryl methyl sites for hydroxylation is 1. The topological polar surface area (TPSA) is 41.6 Å². The SMILES string of the molecule is Cc1nccc2[nH]ncc12. The molecule has 50 valence electrons. The summed E-state index contributed by atoms with van der Waals surface area (Å²) >= 11 is 0. The molecule has 0 aromatic carbocycles. The molecule has 10 heavy (non-hydrogen) atoms. The Hall–Kier alpha value is -1.38. The molecule has 0 amide bonds. The molecule has 0 saturated heterocycles. The summed E-state index contributed by atoms with van der Waals surface area (Å²) in [6, 6.07) is 1.91. The van der Waals surface area contributed by atoms with E-state index in [0.717, 1.165) is 16.6 Å². The summed E-state index contributed by atoms with van der Waals surface area (Å²) in [6.07, 6.45) is 3.56. The molecule has 0 atom stereocenters. The number of H-pyrrole nitrogens is 1. The number of aromatic amines is 1. The van der Waals surface area contributed by atoms with Crippen molar-refractivity contribution in [2.45, 2.75) is 6.92 Å². The predicted octanol–water partition coefficient (Wildman–Crippen LogP) is 1.27. The van der Waals surface area contributed by atoms with Gasteiger partial charge in [-0.1, -0.05) is 0 Å². The minimum Gasteiger partial charge on any atom is -0.278 e. The molecule has 2 rings (SSSR count). The first-order chi connectivity index (χ1) is 4.88. The highest BCUT2D eigenvalue weighted by molar-refractivity contribution is 5.79. The molecular formula is C7H7N3. The summed E-state index contributed by atoms with van der Waals surface area (Å²) < 4.78 is 0. The Bertz CT molecular complexity index is 350. The van der Waals surface area contributed by atoms with Crippen LogP contribution in [0.15, 0.2) is 18.5 Å². The maximum Gasteiger partial charge on any atom is 0.0683 e. The highest BCUT2D eigenvalue weighted by atomic mass is 15.1. The molecule has 0 aliphatic carbocycles. The summed E-state index contributed by atoms with van der Waals surface area (Å²) in [4.78, 5) is 4.12. The molecule has 2 heterocycles. The Labute approximate surface area is 58.1 Å². The van der Waals surface area contributed by atoms with E-state index in [-0.39, 0.29) is 0 Å². The van der Waals surface area contributed by atoms with E-state index in [2.05, 4.69) is 15.2 Å². The van der Waals surface area contributed by atoms with Gasteiger partial charge in [-0.05, 0) is 13.0 Å². The van der Waals surface area contributed by atoms with Crippen LogP contribution >= 0.6 is 0 Å². The van der Waals surface area contributed by atoms with Gasteiger partial charge < -0.3 is 0 Å². The molecule has 3 heteroatoms. The van der Waals surface area contributed by atoms with E-state index < -0.39 is 0 Å². The highest BCUT2D eigenvalue weighted by Gasteiger charge is 1.96. The van der Waals surface area contributed by atoms with E-state index in [1.165, 1.54) is 0 Å². The van der Waals surface area contributed by atoms with Gasteiger partial charge in [0.25, 0.3) is 0 Å². The number of pyridine rings is 1. The van der Waals surface area contributed by atoms with Gasteiger partial charge in [0.05, 0.1) is 11.7 Å². The predicted molar refractivity (Wildman–Crippen MR) is 38.6 cm³/mol. The average Bonchev–Trinajstić information content (AvgIpc) is 2.36. The van der Waals surface area contributed by atoms with Crippen molar-refractivity contribution in [3.05, 3.63) is 24.2 Å². The quantitative estimate of drug-likeness (QED) is 0.588. The van der Waals surface area contributed by atoms with Gasteiger partial charge in [-0.25, -0.2) is 0 Å². The van der Waals surface area contributed by atoms with Crippen LogP contribution in [0.25, 0.3) is 10.9 Å². The second-order valence-electron chi connectivity index (χ2n) is 2.23. The van der Waals surface area contributed by atoms with Gasteiger partial charge >= 0.3 is 0 Å². The van der Waals surface area contributed by atoms with E-state index in [4.69, 9.17) is 0 Å². The lowest BCUT2D eigenvalue weighted by Crippen LogP contribution is -1.78. The van der Waals surface area contributed by atoms with Crippen molar-refractivity contribution in [2.24, 2.45) is 0 Å². The summed E-state index contributed by atoms with van der Waals surface area (Å²) in [5, 5.41) is 7.87. The number of nitrogens with zero attached hydrogens (tertiary/aromatic N) is 2. The highest BCUT2D eigenvalue weighted by Crippen LogP contribution is 2.10. The zero-order chi connectivity index (χ0) is 6.97. The van der Waals surface area contributed by atoms with Gasteiger partial charge in [0.1, 0.15) is 0 Å². The number of hydrogen-bond donors (Lipinski definition) is 1. The lowest BCUT2D eigenvalue weighted by atomic mass is 10.3. The van der Waals surface area contributed by atoms with Crippen molar-refractivity contribution in [3.63, 3.8) is 0 Å². The normalized spacial score (nSPS) is 10.5. The van der Waals surface area contributed by atoms with Crippen LogP contribution < -0.4 is 0 Å². The number of hydrogen-bond acceptors (Lipinski definition) is 2. The fraction of sp³-hybridized carbons (Fsp3) is 0.143. The fourth-order valence-electron chi connectivity index (χ4n) is 1.00. The molecule has 0 unspecified atom stereocenters. The van der Waals surface area contributed by atoms with Gasteiger partial charge in [0.2, 0.25) is 0 Å². The van der Waals surface area contributed by atoms with Crippen molar-refractivity contribution < 1.29 is 0 Å². The first-order valence-corrected chi connectivity index (χ1v) is 3.12. The van der Waals surface area contributed by atoms with Crippen LogP contribution in [0.1, 0.15) is 5.69 Å². The van der Waals surface area contributed by atoms with Crippen LogP contribution in [0.5, 0.6) is 0 Å². The molecule has 0 bridgehead atoms. The summed E-state index contributed by atoms with van der Waals surface area (Å²) in [6.45, 7) is 1.97. The molecule has 1 N–H and O–H groups in total. The average molecular weight is 133 g/mol.